The largest absolute Gasteiger partial charge is 0.466 e. The fraction of sp³-hybridized carbons (Fsp3) is 0.714. The number of carbonyl (C=O) groups is 2. The number of carbonyl (C=O) groups excluding carboxylic acids is 2. The van der Waals surface area contributed by atoms with Gasteiger partial charge in [-0.1, -0.05) is 0 Å². The lowest BCUT2D eigenvalue weighted by Gasteiger charge is -2.03. The summed E-state index contributed by atoms with van der Waals surface area (Å²) in [5, 5.41) is 0. The van der Waals surface area contributed by atoms with Gasteiger partial charge in [0.1, 0.15) is 6.61 Å². The molecule has 13 heavy (non-hydrogen) atoms. The van der Waals surface area contributed by atoms with Gasteiger partial charge in [0.05, 0.1) is 13.0 Å². The predicted molar refractivity (Wildman–Crippen MR) is 44.4 cm³/mol. The first-order valence-electron chi connectivity index (χ1n) is 3.95. The molecule has 0 aliphatic heterocycles. The Balaban J connectivity index is 3.16. The molecule has 6 heteroatoms. The van der Waals surface area contributed by atoms with Gasteiger partial charge in [-0.25, -0.2) is 5.48 Å². The molecule has 0 saturated carbocycles. The molecule has 1 amide bonds. The second kappa shape index (κ2) is 7.51. The number of rotatable bonds is 7. The molecule has 6 nitrogen and oxygen atoms in total. The average Bonchev–Trinajstić information content (AvgIpc) is 2.03. The number of hydrogen-bond acceptors (Lipinski definition) is 5. The van der Waals surface area contributed by atoms with Crippen LogP contribution in [0, 0.1) is 0 Å². The molecule has 76 valence electrons. The quantitative estimate of drug-likeness (QED) is 0.303. The van der Waals surface area contributed by atoms with Gasteiger partial charge < -0.3 is 10.5 Å². The van der Waals surface area contributed by atoms with Crippen molar-refractivity contribution in [2.45, 2.75) is 13.3 Å². The Kier molecular flexibility index (Phi) is 6.85. The van der Waals surface area contributed by atoms with Crippen LogP contribution in [0.2, 0.25) is 0 Å². The lowest BCUT2D eigenvalue weighted by Crippen LogP contribution is -2.26. The van der Waals surface area contributed by atoms with E-state index in [-0.39, 0.29) is 19.0 Å². The van der Waals surface area contributed by atoms with Crippen LogP contribution >= 0.6 is 0 Å². The van der Waals surface area contributed by atoms with Gasteiger partial charge in [0, 0.05) is 6.54 Å². The minimum Gasteiger partial charge on any atom is -0.466 e. The Bertz CT molecular complexity index is 172. The van der Waals surface area contributed by atoms with Crippen LogP contribution in [0.5, 0.6) is 0 Å². The first-order valence-corrected chi connectivity index (χ1v) is 3.95. The Hall–Kier alpha value is -1.14. The van der Waals surface area contributed by atoms with E-state index in [0.29, 0.717) is 13.2 Å². The summed E-state index contributed by atoms with van der Waals surface area (Å²) in [5.41, 5.74) is 7.19. The monoisotopic (exact) mass is 190 g/mol. The van der Waals surface area contributed by atoms with Gasteiger partial charge >= 0.3 is 5.97 Å². The van der Waals surface area contributed by atoms with Gasteiger partial charge in [0.2, 0.25) is 5.91 Å². The van der Waals surface area contributed by atoms with Crippen LogP contribution in [0.4, 0.5) is 0 Å². The third-order valence-electron chi connectivity index (χ3n) is 1.05. The molecule has 0 aliphatic carbocycles. The summed E-state index contributed by atoms with van der Waals surface area (Å²) in [6.45, 7) is 2.19. The number of primary amides is 1. The Morgan fingerprint density at radius 2 is 2.15 bits per heavy atom. The third-order valence-corrected chi connectivity index (χ3v) is 1.05. The molecule has 0 atom stereocenters. The van der Waals surface area contributed by atoms with E-state index >= 15 is 0 Å². The zero-order valence-corrected chi connectivity index (χ0v) is 7.54. The summed E-state index contributed by atoms with van der Waals surface area (Å²) in [6, 6.07) is 0. The number of hydrogen-bond donors (Lipinski definition) is 2. The van der Waals surface area contributed by atoms with E-state index in [1.165, 1.54) is 0 Å². The molecule has 0 heterocycles. The predicted octanol–water partition coefficient (Wildman–Crippen LogP) is -1.05. The van der Waals surface area contributed by atoms with Crippen molar-refractivity contribution in [2.75, 3.05) is 19.8 Å². The maximum atomic E-state index is 10.7. The molecule has 0 bridgehead atoms. The highest BCUT2D eigenvalue weighted by Crippen LogP contribution is 1.83. The van der Waals surface area contributed by atoms with Crippen LogP contribution in [-0.2, 0) is 19.2 Å². The maximum Gasteiger partial charge on any atom is 0.307 e. The standard InChI is InChI=1S/C7H14N2O4/c1-2-12-7(11)3-4-9-13-5-6(8)10/h9H,2-5H2,1H3,(H2,8,10). The SMILES string of the molecule is CCOC(=O)CCNOCC(N)=O. The molecule has 0 saturated heterocycles. The lowest BCUT2D eigenvalue weighted by atomic mass is 10.4. The third kappa shape index (κ3) is 8.77. The summed E-state index contributed by atoms with van der Waals surface area (Å²) in [4.78, 5) is 25.5. The summed E-state index contributed by atoms with van der Waals surface area (Å²) < 4.78 is 4.64. The van der Waals surface area contributed by atoms with E-state index in [4.69, 9.17) is 5.73 Å². The zero-order valence-electron chi connectivity index (χ0n) is 7.54. The summed E-state index contributed by atoms with van der Waals surface area (Å²) in [6.07, 6.45) is 0.201. The lowest BCUT2D eigenvalue weighted by molar-refractivity contribution is -0.143. The van der Waals surface area contributed by atoms with Crippen LogP contribution in [0.1, 0.15) is 13.3 Å². The molecule has 0 aromatic heterocycles. The van der Waals surface area contributed by atoms with Gasteiger partial charge in [0.15, 0.2) is 0 Å². The minimum atomic E-state index is -0.566. The van der Waals surface area contributed by atoms with Gasteiger partial charge in [-0.3, -0.25) is 14.4 Å². The van der Waals surface area contributed by atoms with Crippen molar-refractivity contribution in [3.63, 3.8) is 0 Å². The number of nitrogens with one attached hydrogen (secondary N) is 1. The van der Waals surface area contributed by atoms with Crippen LogP contribution < -0.4 is 11.2 Å². The van der Waals surface area contributed by atoms with Crippen molar-refractivity contribution in [1.82, 2.24) is 5.48 Å². The van der Waals surface area contributed by atoms with Crippen LogP contribution in [0.3, 0.4) is 0 Å². The Morgan fingerprint density at radius 1 is 1.46 bits per heavy atom. The second-order valence-corrected chi connectivity index (χ2v) is 2.20. The van der Waals surface area contributed by atoms with E-state index in [1.54, 1.807) is 6.92 Å². The minimum absolute atomic E-state index is 0.201. The smallest absolute Gasteiger partial charge is 0.307 e. The summed E-state index contributed by atoms with van der Waals surface area (Å²) >= 11 is 0. The molecule has 0 aromatic rings. The molecule has 0 rings (SSSR count). The van der Waals surface area contributed by atoms with Crippen LogP contribution in [-0.4, -0.2) is 31.6 Å². The highest BCUT2D eigenvalue weighted by atomic mass is 16.6. The van der Waals surface area contributed by atoms with Crippen molar-refractivity contribution < 1.29 is 19.2 Å². The van der Waals surface area contributed by atoms with Crippen molar-refractivity contribution in [1.29, 1.82) is 0 Å². The van der Waals surface area contributed by atoms with Crippen molar-refractivity contribution in [2.24, 2.45) is 5.73 Å². The maximum absolute atomic E-state index is 10.7. The highest BCUT2D eigenvalue weighted by molar-refractivity contribution is 5.74. The van der Waals surface area contributed by atoms with Crippen molar-refractivity contribution in [3.8, 4) is 0 Å². The molecule has 0 spiro atoms. The first kappa shape index (κ1) is 11.9. The second-order valence-electron chi connectivity index (χ2n) is 2.20. The molecular formula is C7H14N2O4. The topological polar surface area (TPSA) is 90.7 Å². The molecule has 0 aliphatic rings. The zero-order chi connectivity index (χ0) is 10.1. The van der Waals surface area contributed by atoms with Gasteiger partial charge in [-0.05, 0) is 6.92 Å². The molecule has 0 aromatic carbocycles. The first-order chi connectivity index (χ1) is 6.16. The van der Waals surface area contributed by atoms with Crippen LogP contribution in [0.25, 0.3) is 0 Å². The van der Waals surface area contributed by atoms with E-state index < -0.39 is 5.91 Å². The Labute approximate surface area is 76.3 Å². The number of nitrogens with two attached hydrogens (primary N) is 1. The van der Waals surface area contributed by atoms with E-state index in [1.807, 2.05) is 0 Å². The fourth-order valence-electron chi connectivity index (χ4n) is 0.581. The van der Waals surface area contributed by atoms with Crippen LogP contribution in [0.15, 0.2) is 0 Å². The number of hydroxylamine groups is 1. The molecule has 3 N–H and O–H groups in total. The Morgan fingerprint density at radius 3 is 2.69 bits per heavy atom. The van der Waals surface area contributed by atoms with Crippen molar-refractivity contribution >= 4 is 11.9 Å². The van der Waals surface area contributed by atoms with Gasteiger partial charge in [-0.15, -0.1) is 0 Å². The van der Waals surface area contributed by atoms with Gasteiger partial charge in [0.25, 0.3) is 0 Å². The highest BCUT2D eigenvalue weighted by Gasteiger charge is 2.00. The molecular weight excluding hydrogens is 176 g/mol. The molecule has 0 fully saturated rings. The van der Waals surface area contributed by atoms with E-state index in [0.717, 1.165) is 0 Å². The van der Waals surface area contributed by atoms with Gasteiger partial charge in [-0.2, -0.15) is 0 Å². The molecule has 0 radical (unpaired) electrons. The number of ether oxygens (including phenoxy) is 1. The van der Waals surface area contributed by atoms with E-state index in [9.17, 15) is 9.59 Å². The average molecular weight is 190 g/mol. The fourth-order valence-corrected chi connectivity index (χ4v) is 0.581. The molecule has 0 unspecified atom stereocenters. The number of esters is 1. The normalized spacial score (nSPS) is 9.62. The van der Waals surface area contributed by atoms with Crippen molar-refractivity contribution in [3.05, 3.63) is 0 Å². The summed E-state index contributed by atoms with van der Waals surface area (Å²) in [7, 11) is 0. The number of amides is 1. The van der Waals surface area contributed by atoms with E-state index in [2.05, 4.69) is 15.1 Å². The summed E-state index contributed by atoms with van der Waals surface area (Å²) in [5.74, 6) is -0.874.